The zero-order valence-corrected chi connectivity index (χ0v) is 18.6. The second-order valence-electron chi connectivity index (χ2n) is 5.72. The van der Waals surface area contributed by atoms with Crippen molar-refractivity contribution in [2.75, 3.05) is 5.32 Å². The van der Waals surface area contributed by atoms with Crippen molar-refractivity contribution in [1.29, 1.82) is 0 Å². The summed E-state index contributed by atoms with van der Waals surface area (Å²) in [6.07, 6.45) is 2.40. The molecule has 0 saturated carbocycles. The van der Waals surface area contributed by atoms with Crippen LogP contribution in [-0.4, -0.2) is 21.8 Å². The monoisotopic (exact) mass is 512 g/mol. The number of rotatable bonds is 6. The van der Waals surface area contributed by atoms with Crippen molar-refractivity contribution < 1.29 is 16.8 Å². The zero-order valence-electron chi connectivity index (χ0n) is 14.7. The molecule has 1 heterocycles. The first-order valence-electron chi connectivity index (χ1n) is 8.11. The van der Waals surface area contributed by atoms with Crippen molar-refractivity contribution >= 4 is 53.0 Å². The highest BCUT2D eigenvalue weighted by Gasteiger charge is 2.34. The number of benzene rings is 2. The Kier molecular flexibility index (Phi) is 6.42. The predicted molar refractivity (Wildman–Crippen MR) is 116 cm³/mol. The van der Waals surface area contributed by atoms with Gasteiger partial charge in [-0.3, -0.25) is 0 Å². The number of sulfone groups is 2. The molecule has 0 unspecified atom stereocenters. The maximum atomic E-state index is 13.2. The van der Waals surface area contributed by atoms with E-state index in [-0.39, 0.29) is 20.6 Å². The van der Waals surface area contributed by atoms with Crippen LogP contribution in [0, 0.1) is 0 Å². The summed E-state index contributed by atoms with van der Waals surface area (Å²) >= 11 is 9.29. The Morgan fingerprint density at radius 1 is 0.897 bits per heavy atom. The Balaban J connectivity index is 2.18. The Morgan fingerprint density at radius 2 is 1.55 bits per heavy atom. The summed E-state index contributed by atoms with van der Waals surface area (Å²) in [5.74, 6) is 0.267. The highest BCUT2D eigenvalue weighted by Crippen LogP contribution is 2.32. The topological polar surface area (TPSA) is 93.2 Å². The lowest BCUT2D eigenvalue weighted by atomic mass is 10.4. The van der Waals surface area contributed by atoms with Crippen LogP contribution < -0.4 is 5.32 Å². The summed E-state index contributed by atoms with van der Waals surface area (Å²) in [6.45, 7) is 0. The van der Waals surface area contributed by atoms with E-state index < -0.39 is 23.9 Å². The van der Waals surface area contributed by atoms with E-state index >= 15 is 0 Å². The van der Waals surface area contributed by atoms with Crippen LogP contribution in [0.1, 0.15) is 0 Å². The van der Waals surface area contributed by atoms with Crippen molar-refractivity contribution in [2.24, 2.45) is 0 Å². The van der Waals surface area contributed by atoms with Crippen LogP contribution in [0.5, 0.6) is 0 Å². The van der Waals surface area contributed by atoms with Gasteiger partial charge in [-0.05, 0) is 52.3 Å². The van der Waals surface area contributed by atoms with Gasteiger partial charge in [0.1, 0.15) is 5.82 Å². The third kappa shape index (κ3) is 4.69. The summed E-state index contributed by atoms with van der Waals surface area (Å²) in [6, 6.07) is 16.2. The van der Waals surface area contributed by atoms with E-state index in [4.69, 9.17) is 11.6 Å². The van der Waals surface area contributed by atoms with E-state index in [1.165, 1.54) is 48.7 Å². The maximum absolute atomic E-state index is 13.2. The average molecular weight is 514 g/mol. The van der Waals surface area contributed by atoms with Gasteiger partial charge in [0.25, 0.3) is 0 Å². The lowest BCUT2D eigenvalue weighted by molar-refractivity contribution is 0.595. The molecule has 0 aliphatic rings. The van der Waals surface area contributed by atoms with Gasteiger partial charge in [0.15, 0.2) is 4.24 Å². The predicted octanol–water partition coefficient (Wildman–Crippen LogP) is 4.66. The van der Waals surface area contributed by atoms with Gasteiger partial charge in [-0.1, -0.05) is 41.9 Å². The number of halogens is 2. The van der Waals surface area contributed by atoms with E-state index in [1.54, 1.807) is 24.3 Å². The van der Waals surface area contributed by atoms with Gasteiger partial charge in [-0.15, -0.1) is 0 Å². The Bertz CT molecular complexity index is 1260. The van der Waals surface area contributed by atoms with E-state index in [1.807, 2.05) is 0 Å². The van der Waals surface area contributed by atoms with Gasteiger partial charge in [-0.2, -0.15) is 0 Å². The van der Waals surface area contributed by atoms with Gasteiger partial charge >= 0.3 is 0 Å². The minimum atomic E-state index is -4.47. The summed E-state index contributed by atoms with van der Waals surface area (Å²) in [4.78, 5) is 3.59. The molecule has 150 valence electrons. The van der Waals surface area contributed by atoms with Gasteiger partial charge in [-0.25, -0.2) is 21.8 Å². The average Bonchev–Trinajstić information content (AvgIpc) is 2.70. The first-order valence-corrected chi connectivity index (χ1v) is 12.2. The first kappa shape index (κ1) is 21.5. The molecule has 3 aromatic rings. The third-order valence-corrected chi connectivity index (χ3v) is 9.12. The van der Waals surface area contributed by atoms with Crippen LogP contribution in [0.3, 0.4) is 0 Å². The smallest absolute Gasteiger partial charge is 0.220 e. The molecular weight excluding hydrogens is 500 g/mol. The molecule has 29 heavy (non-hydrogen) atoms. The number of pyridine rings is 1. The number of nitrogens with one attached hydrogen (secondary N) is 1. The quantitative estimate of drug-likeness (QED) is 0.515. The molecular formula is C19H14BrClN2O4S2. The molecule has 1 aromatic heterocycles. The van der Waals surface area contributed by atoms with Crippen molar-refractivity contribution in [3.05, 3.63) is 92.9 Å². The minimum absolute atomic E-state index is 0.0802. The molecule has 0 saturated heterocycles. The van der Waals surface area contributed by atoms with E-state index in [0.717, 1.165) is 6.20 Å². The molecule has 3 rings (SSSR count). The summed E-state index contributed by atoms with van der Waals surface area (Å²) in [7, 11) is -8.86. The van der Waals surface area contributed by atoms with Crippen molar-refractivity contribution in [2.45, 2.75) is 9.79 Å². The second-order valence-corrected chi connectivity index (χ2v) is 11.1. The molecule has 0 fully saturated rings. The highest BCUT2D eigenvalue weighted by molar-refractivity contribution is 9.10. The van der Waals surface area contributed by atoms with Crippen molar-refractivity contribution in [1.82, 2.24) is 4.98 Å². The molecule has 0 bridgehead atoms. The number of hydrogen-bond acceptors (Lipinski definition) is 6. The summed E-state index contributed by atoms with van der Waals surface area (Å²) in [5.41, 5.74) is 0. The van der Waals surface area contributed by atoms with Crippen LogP contribution in [0.2, 0.25) is 5.02 Å². The Labute approximate surface area is 182 Å². The fraction of sp³-hybridized carbons (Fsp3) is 0. The van der Waals surface area contributed by atoms with E-state index in [9.17, 15) is 16.8 Å². The minimum Gasteiger partial charge on any atom is -0.345 e. The number of aromatic nitrogens is 1. The highest BCUT2D eigenvalue weighted by atomic mass is 79.9. The van der Waals surface area contributed by atoms with Gasteiger partial charge < -0.3 is 5.32 Å². The molecule has 6 nitrogen and oxygen atoms in total. The van der Waals surface area contributed by atoms with Crippen LogP contribution in [0.4, 0.5) is 5.82 Å². The van der Waals surface area contributed by atoms with Gasteiger partial charge in [0.05, 0.1) is 14.8 Å². The van der Waals surface area contributed by atoms with Crippen LogP contribution >= 0.6 is 27.5 Å². The fourth-order valence-corrected chi connectivity index (χ4v) is 6.74. The van der Waals surface area contributed by atoms with Gasteiger partial charge in [0, 0.05) is 16.9 Å². The molecule has 0 radical (unpaired) electrons. The molecule has 0 aliphatic heterocycles. The molecule has 0 aliphatic carbocycles. The van der Waals surface area contributed by atoms with Crippen LogP contribution in [0.25, 0.3) is 0 Å². The molecule has 2 aromatic carbocycles. The lowest BCUT2D eigenvalue weighted by Gasteiger charge is -2.12. The number of anilines is 1. The Morgan fingerprint density at radius 3 is 2.17 bits per heavy atom. The van der Waals surface area contributed by atoms with Crippen LogP contribution in [0.15, 0.2) is 97.6 Å². The largest absolute Gasteiger partial charge is 0.345 e. The molecule has 0 spiro atoms. The maximum Gasteiger partial charge on any atom is 0.220 e. The first-order chi connectivity index (χ1) is 13.7. The van der Waals surface area contributed by atoms with E-state index in [2.05, 4.69) is 26.2 Å². The fourth-order valence-electron chi connectivity index (χ4n) is 2.38. The molecule has 1 N–H and O–H groups in total. The number of nitrogens with zero attached hydrogens (tertiary/aromatic N) is 1. The van der Waals surface area contributed by atoms with Crippen LogP contribution in [-0.2, 0) is 19.7 Å². The molecule has 10 heteroatoms. The normalized spacial score (nSPS) is 12.6. The molecule has 0 amide bonds. The van der Waals surface area contributed by atoms with Gasteiger partial charge in [0.2, 0.25) is 19.7 Å². The molecule has 0 atom stereocenters. The zero-order chi connectivity index (χ0) is 21.1. The number of hydrogen-bond donors (Lipinski definition) is 1. The van der Waals surface area contributed by atoms with Crippen molar-refractivity contribution in [3.8, 4) is 0 Å². The van der Waals surface area contributed by atoms with Crippen molar-refractivity contribution in [3.63, 3.8) is 0 Å². The Hall–Kier alpha value is -2.20. The lowest BCUT2D eigenvalue weighted by Crippen LogP contribution is -2.17. The SMILES string of the molecule is O=S(=O)(C(=CNc1ccc(Br)cn1)S(=O)(=O)c1ccccc1Cl)c1ccccc1. The third-order valence-electron chi connectivity index (χ3n) is 3.77. The van der Waals surface area contributed by atoms with E-state index in [0.29, 0.717) is 4.47 Å². The second kappa shape index (κ2) is 8.66. The summed E-state index contributed by atoms with van der Waals surface area (Å²) in [5, 5.41) is 2.57. The summed E-state index contributed by atoms with van der Waals surface area (Å²) < 4.78 is 52.7. The standard InChI is InChI=1S/C19H14BrClN2O4S2/c20-14-10-11-18(22-12-14)23-13-19(28(24,25)15-6-2-1-3-7-15)29(26,27)17-9-5-4-8-16(17)21/h1-13H,(H,22,23).